The second kappa shape index (κ2) is 9.65. The van der Waals surface area contributed by atoms with Crippen LogP contribution >= 0.6 is 0 Å². The van der Waals surface area contributed by atoms with Crippen LogP contribution in [0.15, 0.2) is 46.7 Å². The second-order valence-corrected chi connectivity index (χ2v) is 6.32. The van der Waals surface area contributed by atoms with E-state index in [-0.39, 0.29) is 5.92 Å². The van der Waals surface area contributed by atoms with Crippen LogP contribution in [0.1, 0.15) is 43.5 Å². The predicted octanol–water partition coefficient (Wildman–Crippen LogP) is 3.77. The summed E-state index contributed by atoms with van der Waals surface area (Å²) in [6.07, 6.45) is 0.797. The van der Waals surface area contributed by atoms with Crippen LogP contribution < -0.4 is 0 Å². The van der Waals surface area contributed by atoms with E-state index in [1.807, 2.05) is 57.2 Å². The van der Waals surface area contributed by atoms with E-state index in [4.69, 9.17) is 9.68 Å². The van der Waals surface area contributed by atoms with Crippen molar-refractivity contribution in [3.63, 3.8) is 0 Å². The molecule has 2 aromatic rings. The van der Waals surface area contributed by atoms with Crippen molar-refractivity contribution in [3.8, 4) is 0 Å². The fourth-order valence-electron chi connectivity index (χ4n) is 2.45. The number of hydrogen-bond acceptors (Lipinski definition) is 6. The summed E-state index contributed by atoms with van der Waals surface area (Å²) in [6.45, 7) is 8.36. The fourth-order valence-corrected chi connectivity index (χ4v) is 2.45. The molecule has 0 N–H and O–H groups in total. The first-order valence-corrected chi connectivity index (χ1v) is 8.64. The van der Waals surface area contributed by atoms with Crippen molar-refractivity contribution in [2.45, 2.75) is 34.1 Å². The molecule has 2 aromatic heterocycles. The van der Waals surface area contributed by atoms with Crippen LogP contribution in [0.3, 0.4) is 0 Å². The summed E-state index contributed by atoms with van der Waals surface area (Å²) in [6, 6.07) is 11.8. The van der Waals surface area contributed by atoms with Gasteiger partial charge in [-0.05, 0) is 57.4 Å². The Morgan fingerprint density at radius 1 is 1.00 bits per heavy atom. The van der Waals surface area contributed by atoms with Crippen molar-refractivity contribution in [3.05, 3.63) is 59.2 Å². The van der Waals surface area contributed by atoms with Crippen LogP contribution in [-0.2, 0) is 16.1 Å². The minimum absolute atomic E-state index is 0.277. The minimum Gasteiger partial charge on any atom is -0.399 e. The Bertz CT molecular complexity index is 787. The molecule has 6 heteroatoms. The molecular weight excluding hydrogens is 328 g/mol. The SMILES string of the molecule is CO/N=C(\C)c1cccc(CC(C)CO/N=C(\C)c2cccc(C)n2)n1. The molecule has 0 aliphatic rings. The van der Waals surface area contributed by atoms with Crippen LogP contribution in [0.2, 0.25) is 0 Å². The van der Waals surface area contributed by atoms with Gasteiger partial charge in [-0.15, -0.1) is 0 Å². The van der Waals surface area contributed by atoms with Gasteiger partial charge in [-0.1, -0.05) is 29.4 Å². The second-order valence-electron chi connectivity index (χ2n) is 6.32. The Kier molecular flexibility index (Phi) is 7.26. The maximum Gasteiger partial charge on any atom is 0.120 e. The number of oxime groups is 2. The summed E-state index contributed by atoms with van der Waals surface area (Å²) in [5, 5.41) is 8.11. The third-order valence-electron chi connectivity index (χ3n) is 3.78. The van der Waals surface area contributed by atoms with E-state index >= 15 is 0 Å². The monoisotopic (exact) mass is 354 g/mol. The van der Waals surface area contributed by atoms with Gasteiger partial charge in [-0.25, -0.2) is 0 Å². The molecule has 138 valence electrons. The van der Waals surface area contributed by atoms with E-state index in [9.17, 15) is 0 Å². The standard InChI is InChI=1S/C20H26N4O2/c1-14(12-18-9-7-11-20(22-18)16(3)23-25-5)13-26-24-17(4)19-10-6-8-15(2)21-19/h6-11,14H,12-13H2,1-5H3/b23-16+,24-17+. The molecule has 0 saturated carbocycles. The number of pyridine rings is 2. The smallest absolute Gasteiger partial charge is 0.120 e. The van der Waals surface area contributed by atoms with Crippen molar-refractivity contribution >= 4 is 11.4 Å². The Labute approximate surface area is 155 Å². The molecule has 0 spiro atoms. The van der Waals surface area contributed by atoms with Crippen LogP contribution in [0.25, 0.3) is 0 Å². The zero-order valence-electron chi connectivity index (χ0n) is 16.1. The summed E-state index contributed by atoms with van der Waals surface area (Å²) >= 11 is 0. The van der Waals surface area contributed by atoms with Gasteiger partial charge in [-0.2, -0.15) is 0 Å². The zero-order valence-corrected chi connectivity index (χ0v) is 16.1. The van der Waals surface area contributed by atoms with E-state index in [1.165, 1.54) is 7.11 Å². The van der Waals surface area contributed by atoms with E-state index in [0.29, 0.717) is 6.61 Å². The van der Waals surface area contributed by atoms with Crippen molar-refractivity contribution < 1.29 is 9.68 Å². The zero-order chi connectivity index (χ0) is 18.9. The highest BCUT2D eigenvalue weighted by Gasteiger charge is 2.08. The number of aryl methyl sites for hydroxylation is 1. The lowest BCUT2D eigenvalue weighted by atomic mass is 10.1. The van der Waals surface area contributed by atoms with Gasteiger partial charge in [0, 0.05) is 11.4 Å². The van der Waals surface area contributed by atoms with Crippen LogP contribution in [0.5, 0.6) is 0 Å². The molecule has 6 nitrogen and oxygen atoms in total. The van der Waals surface area contributed by atoms with Gasteiger partial charge in [0.05, 0.1) is 11.4 Å². The van der Waals surface area contributed by atoms with Crippen LogP contribution in [0, 0.1) is 12.8 Å². The average molecular weight is 354 g/mol. The molecule has 0 fully saturated rings. The molecule has 2 heterocycles. The molecule has 0 amide bonds. The van der Waals surface area contributed by atoms with Crippen molar-refractivity contribution in [2.24, 2.45) is 16.2 Å². The summed E-state index contributed by atoms with van der Waals surface area (Å²) in [4.78, 5) is 19.4. The first kappa shape index (κ1) is 19.6. The average Bonchev–Trinajstić information content (AvgIpc) is 2.62. The maximum atomic E-state index is 5.52. The van der Waals surface area contributed by atoms with Gasteiger partial charge in [0.2, 0.25) is 0 Å². The Hall–Kier alpha value is -2.76. The van der Waals surface area contributed by atoms with E-state index in [1.54, 1.807) is 0 Å². The summed E-state index contributed by atoms with van der Waals surface area (Å²) in [7, 11) is 1.53. The fraction of sp³-hybridized carbons (Fsp3) is 0.400. The van der Waals surface area contributed by atoms with Crippen LogP contribution in [-0.4, -0.2) is 35.1 Å². The Balaban J connectivity index is 1.91. The van der Waals surface area contributed by atoms with Crippen molar-refractivity contribution in [2.75, 3.05) is 13.7 Å². The number of aromatic nitrogens is 2. The molecule has 2 rings (SSSR count). The van der Waals surface area contributed by atoms with Gasteiger partial charge in [-0.3, -0.25) is 9.97 Å². The molecule has 26 heavy (non-hydrogen) atoms. The summed E-state index contributed by atoms with van der Waals surface area (Å²) in [5.74, 6) is 0.277. The molecule has 1 unspecified atom stereocenters. The third kappa shape index (κ3) is 5.95. The lowest BCUT2D eigenvalue weighted by Gasteiger charge is -2.11. The van der Waals surface area contributed by atoms with Gasteiger partial charge in [0.25, 0.3) is 0 Å². The molecule has 0 saturated heterocycles. The largest absolute Gasteiger partial charge is 0.399 e. The van der Waals surface area contributed by atoms with Crippen molar-refractivity contribution in [1.29, 1.82) is 0 Å². The first-order valence-electron chi connectivity index (χ1n) is 8.64. The van der Waals surface area contributed by atoms with E-state index in [2.05, 4.69) is 27.2 Å². The quantitative estimate of drug-likeness (QED) is 0.534. The lowest BCUT2D eigenvalue weighted by molar-refractivity contribution is 0.112. The number of rotatable bonds is 8. The Morgan fingerprint density at radius 3 is 2.35 bits per heavy atom. The van der Waals surface area contributed by atoms with Gasteiger partial charge in [0.1, 0.15) is 25.1 Å². The Morgan fingerprint density at radius 2 is 1.65 bits per heavy atom. The molecule has 0 aliphatic carbocycles. The van der Waals surface area contributed by atoms with E-state index < -0.39 is 0 Å². The summed E-state index contributed by atoms with van der Waals surface area (Å²) in [5.41, 5.74) is 5.13. The molecule has 1 atom stereocenters. The molecular formula is C20H26N4O2. The first-order chi connectivity index (χ1) is 12.5. The highest BCUT2D eigenvalue weighted by atomic mass is 16.6. The molecule has 0 bridgehead atoms. The third-order valence-corrected chi connectivity index (χ3v) is 3.78. The minimum atomic E-state index is 0.277. The normalized spacial score (nSPS) is 13.4. The predicted molar refractivity (Wildman–Crippen MR) is 103 cm³/mol. The van der Waals surface area contributed by atoms with E-state index in [0.717, 1.165) is 40.6 Å². The van der Waals surface area contributed by atoms with Gasteiger partial charge >= 0.3 is 0 Å². The van der Waals surface area contributed by atoms with Crippen molar-refractivity contribution in [1.82, 2.24) is 9.97 Å². The molecule has 0 aromatic carbocycles. The number of hydrogen-bond donors (Lipinski definition) is 0. The number of nitrogens with zero attached hydrogens (tertiary/aromatic N) is 4. The summed E-state index contributed by atoms with van der Waals surface area (Å²) < 4.78 is 0. The lowest BCUT2D eigenvalue weighted by Crippen LogP contribution is -2.10. The van der Waals surface area contributed by atoms with Gasteiger partial charge < -0.3 is 9.68 Å². The highest BCUT2D eigenvalue weighted by molar-refractivity contribution is 5.96. The maximum absolute atomic E-state index is 5.52. The molecule has 0 aliphatic heterocycles. The molecule has 0 radical (unpaired) electrons. The highest BCUT2D eigenvalue weighted by Crippen LogP contribution is 2.09. The topological polar surface area (TPSA) is 69.0 Å². The van der Waals surface area contributed by atoms with Gasteiger partial charge in [0.15, 0.2) is 0 Å². The van der Waals surface area contributed by atoms with Crippen LogP contribution in [0.4, 0.5) is 0 Å².